The minimum Gasteiger partial charge on any atom is -0.386 e. The van der Waals surface area contributed by atoms with Gasteiger partial charge in [-0.25, -0.2) is 4.39 Å². The Morgan fingerprint density at radius 1 is 1.00 bits per heavy atom. The normalized spacial score (nSPS) is 10.7. The summed E-state index contributed by atoms with van der Waals surface area (Å²) in [5.74, 6) is -0.294. The van der Waals surface area contributed by atoms with Crippen LogP contribution in [0.15, 0.2) is 83.8 Å². The molecule has 2 aromatic heterocycles. The number of aromatic nitrogens is 1. The van der Waals surface area contributed by atoms with E-state index in [0.717, 1.165) is 23.2 Å². The first-order valence-corrected chi connectivity index (χ1v) is 9.50. The molecule has 2 heterocycles. The summed E-state index contributed by atoms with van der Waals surface area (Å²) < 4.78 is 14.7. The first-order valence-electron chi connectivity index (χ1n) is 9.50. The maximum atomic E-state index is 13.2. The maximum Gasteiger partial charge on any atom is 0.255 e. The van der Waals surface area contributed by atoms with E-state index in [2.05, 4.69) is 5.32 Å². The van der Waals surface area contributed by atoms with E-state index in [9.17, 15) is 14.0 Å². The van der Waals surface area contributed by atoms with Gasteiger partial charge in [0.2, 0.25) is 6.41 Å². The fourth-order valence-corrected chi connectivity index (χ4v) is 3.52. The van der Waals surface area contributed by atoms with Crippen molar-refractivity contribution in [2.45, 2.75) is 6.42 Å². The number of anilines is 3. The van der Waals surface area contributed by atoms with Crippen molar-refractivity contribution in [1.29, 1.82) is 0 Å². The van der Waals surface area contributed by atoms with Gasteiger partial charge in [-0.2, -0.15) is 0 Å². The standard InChI is InChI=1S/C24H20FN3O2/c1-26-22-4-2-3-5-23(22)28(16-29)20-10-11-27-21(15-20)13-18(14-24(27)30)12-17-6-8-19(25)9-7-17/h2-11,13-16,26H,12H2,1H3. The zero-order chi connectivity index (χ0) is 21.1. The van der Waals surface area contributed by atoms with E-state index in [0.29, 0.717) is 23.3 Å². The maximum absolute atomic E-state index is 13.2. The molecule has 0 bridgehead atoms. The molecule has 0 unspecified atom stereocenters. The van der Waals surface area contributed by atoms with Gasteiger partial charge >= 0.3 is 0 Å². The Hall–Kier alpha value is -3.93. The van der Waals surface area contributed by atoms with Gasteiger partial charge in [-0.1, -0.05) is 24.3 Å². The Kier molecular flexibility index (Phi) is 5.30. The predicted molar refractivity (Wildman–Crippen MR) is 117 cm³/mol. The molecule has 0 saturated heterocycles. The molecule has 30 heavy (non-hydrogen) atoms. The van der Waals surface area contributed by atoms with Gasteiger partial charge < -0.3 is 5.32 Å². The summed E-state index contributed by atoms with van der Waals surface area (Å²) in [5, 5.41) is 3.08. The summed E-state index contributed by atoms with van der Waals surface area (Å²) in [4.78, 5) is 26.0. The lowest BCUT2D eigenvalue weighted by molar-refractivity contribution is -0.106. The van der Waals surface area contributed by atoms with Gasteiger partial charge in [0.1, 0.15) is 5.82 Å². The highest BCUT2D eigenvalue weighted by atomic mass is 19.1. The van der Waals surface area contributed by atoms with Crippen LogP contribution in [0.1, 0.15) is 11.1 Å². The van der Waals surface area contributed by atoms with Gasteiger partial charge in [-0.15, -0.1) is 0 Å². The van der Waals surface area contributed by atoms with E-state index in [1.807, 2.05) is 30.3 Å². The number of hydrogen-bond acceptors (Lipinski definition) is 3. The number of fused-ring (bicyclic) bond motifs is 1. The number of rotatable bonds is 6. The second kappa shape index (κ2) is 8.21. The Labute approximate surface area is 173 Å². The van der Waals surface area contributed by atoms with Crippen LogP contribution in [-0.4, -0.2) is 17.9 Å². The molecule has 1 N–H and O–H groups in total. The van der Waals surface area contributed by atoms with E-state index in [4.69, 9.17) is 0 Å². The van der Waals surface area contributed by atoms with Crippen molar-refractivity contribution < 1.29 is 9.18 Å². The minimum atomic E-state index is -0.294. The Morgan fingerprint density at radius 3 is 2.50 bits per heavy atom. The molecular formula is C24H20FN3O2. The topological polar surface area (TPSA) is 53.8 Å². The molecule has 1 amide bonds. The van der Waals surface area contributed by atoms with E-state index in [1.54, 1.807) is 43.6 Å². The third-order valence-electron chi connectivity index (χ3n) is 4.99. The molecule has 150 valence electrons. The molecule has 0 aliphatic rings. The second-order valence-electron chi connectivity index (χ2n) is 6.93. The van der Waals surface area contributed by atoms with Crippen molar-refractivity contribution in [3.05, 3.63) is 106 Å². The average molecular weight is 401 g/mol. The SMILES string of the molecule is CNc1ccccc1N(C=O)c1ccn2c(=O)cc(Cc3ccc(F)cc3)cc2c1. The van der Waals surface area contributed by atoms with Crippen LogP contribution in [-0.2, 0) is 11.2 Å². The summed E-state index contributed by atoms with van der Waals surface area (Å²) in [6.45, 7) is 0. The van der Waals surface area contributed by atoms with Crippen LogP contribution in [0.5, 0.6) is 0 Å². The molecule has 0 aliphatic carbocycles. The number of amides is 1. The molecule has 4 aromatic rings. The predicted octanol–water partition coefficient (Wildman–Crippen LogP) is 4.37. The van der Waals surface area contributed by atoms with Crippen molar-refractivity contribution >= 4 is 29.0 Å². The van der Waals surface area contributed by atoms with Gasteiger partial charge in [0.25, 0.3) is 5.56 Å². The molecule has 4 rings (SSSR count). The van der Waals surface area contributed by atoms with Crippen LogP contribution in [0.4, 0.5) is 21.5 Å². The molecule has 0 aliphatic heterocycles. The number of halogens is 1. The van der Waals surface area contributed by atoms with Gasteiger partial charge in [-0.3, -0.25) is 18.9 Å². The van der Waals surface area contributed by atoms with E-state index < -0.39 is 0 Å². The van der Waals surface area contributed by atoms with Crippen molar-refractivity contribution in [2.24, 2.45) is 0 Å². The third kappa shape index (κ3) is 3.80. The summed E-state index contributed by atoms with van der Waals surface area (Å²) in [6, 6.07) is 20.7. The molecule has 0 spiro atoms. The number of para-hydroxylation sites is 2. The third-order valence-corrected chi connectivity index (χ3v) is 4.99. The van der Waals surface area contributed by atoms with Crippen LogP contribution < -0.4 is 15.8 Å². The van der Waals surface area contributed by atoms with Gasteiger partial charge in [-0.05, 0) is 60.0 Å². The summed E-state index contributed by atoms with van der Waals surface area (Å²) >= 11 is 0. The quantitative estimate of drug-likeness (QED) is 0.488. The zero-order valence-electron chi connectivity index (χ0n) is 16.4. The zero-order valence-corrected chi connectivity index (χ0v) is 16.4. The first kappa shape index (κ1) is 19.4. The Morgan fingerprint density at radius 2 is 1.77 bits per heavy atom. The second-order valence-corrected chi connectivity index (χ2v) is 6.93. The van der Waals surface area contributed by atoms with Crippen LogP contribution in [0.25, 0.3) is 5.52 Å². The smallest absolute Gasteiger partial charge is 0.255 e. The average Bonchev–Trinajstić information content (AvgIpc) is 2.76. The van der Waals surface area contributed by atoms with Gasteiger partial charge in [0.05, 0.1) is 22.6 Å². The molecule has 0 fully saturated rings. The Bertz CT molecular complexity index is 1270. The molecule has 0 radical (unpaired) electrons. The van der Waals surface area contributed by atoms with Crippen LogP contribution in [0.3, 0.4) is 0 Å². The summed E-state index contributed by atoms with van der Waals surface area (Å²) in [5.41, 5.74) is 4.41. The fraction of sp³-hybridized carbons (Fsp3) is 0.0833. The lowest BCUT2D eigenvalue weighted by atomic mass is 10.1. The minimum absolute atomic E-state index is 0.163. The number of hydrogen-bond donors (Lipinski definition) is 1. The van der Waals surface area contributed by atoms with Crippen molar-refractivity contribution in [3.63, 3.8) is 0 Å². The highest BCUT2D eigenvalue weighted by Crippen LogP contribution is 2.31. The number of pyridine rings is 2. The van der Waals surface area contributed by atoms with E-state index >= 15 is 0 Å². The van der Waals surface area contributed by atoms with Gasteiger partial charge in [0, 0.05) is 19.3 Å². The summed E-state index contributed by atoms with van der Waals surface area (Å²) in [7, 11) is 1.80. The van der Waals surface area contributed by atoms with Crippen LogP contribution in [0.2, 0.25) is 0 Å². The number of nitrogens with zero attached hydrogens (tertiary/aromatic N) is 2. The number of benzene rings is 2. The van der Waals surface area contributed by atoms with Crippen molar-refractivity contribution in [3.8, 4) is 0 Å². The first-order chi connectivity index (χ1) is 14.6. The largest absolute Gasteiger partial charge is 0.386 e. The summed E-state index contributed by atoms with van der Waals surface area (Å²) in [6.07, 6.45) is 2.92. The van der Waals surface area contributed by atoms with Crippen molar-refractivity contribution in [2.75, 3.05) is 17.3 Å². The molecule has 0 atom stereocenters. The van der Waals surface area contributed by atoms with Crippen molar-refractivity contribution in [1.82, 2.24) is 4.40 Å². The highest BCUT2D eigenvalue weighted by molar-refractivity contribution is 5.92. The molecule has 6 heteroatoms. The number of nitrogens with one attached hydrogen (secondary N) is 1. The number of carbonyl (C=O) groups is 1. The van der Waals surface area contributed by atoms with E-state index in [1.165, 1.54) is 21.4 Å². The molecular weight excluding hydrogens is 381 g/mol. The lowest BCUT2D eigenvalue weighted by Gasteiger charge is -2.21. The van der Waals surface area contributed by atoms with Crippen LogP contribution >= 0.6 is 0 Å². The number of carbonyl (C=O) groups excluding carboxylic acids is 1. The molecule has 2 aromatic carbocycles. The molecule has 5 nitrogen and oxygen atoms in total. The molecule has 0 saturated carbocycles. The fourth-order valence-electron chi connectivity index (χ4n) is 3.52. The monoisotopic (exact) mass is 401 g/mol. The lowest BCUT2D eigenvalue weighted by Crippen LogP contribution is -2.18. The van der Waals surface area contributed by atoms with E-state index in [-0.39, 0.29) is 11.4 Å². The van der Waals surface area contributed by atoms with Crippen LogP contribution in [0, 0.1) is 5.82 Å². The Balaban J connectivity index is 1.76. The highest BCUT2D eigenvalue weighted by Gasteiger charge is 2.13. The van der Waals surface area contributed by atoms with Gasteiger partial charge in [0.15, 0.2) is 0 Å².